The highest BCUT2D eigenvalue weighted by molar-refractivity contribution is 7.89. The van der Waals surface area contributed by atoms with Crippen LogP contribution < -0.4 is 4.72 Å². The van der Waals surface area contributed by atoms with Crippen molar-refractivity contribution in [2.24, 2.45) is 5.41 Å². The van der Waals surface area contributed by atoms with Crippen LogP contribution in [0.3, 0.4) is 0 Å². The average Bonchev–Trinajstić information content (AvgIpc) is 2.73. The highest BCUT2D eigenvalue weighted by Gasteiger charge is 2.33. The Labute approximate surface area is 101 Å². The molecule has 96 valence electrons. The average molecular weight is 259 g/mol. The number of nitrogens with one attached hydrogen (secondary N) is 1. The van der Waals surface area contributed by atoms with E-state index >= 15 is 0 Å². The van der Waals surface area contributed by atoms with Gasteiger partial charge in [0.05, 0.1) is 0 Å². The molecular weight excluding hydrogens is 242 g/mol. The maximum absolute atomic E-state index is 11.9. The second-order valence-electron chi connectivity index (χ2n) is 4.87. The van der Waals surface area contributed by atoms with Crippen LogP contribution in [-0.2, 0) is 16.6 Å². The zero-order valence-corrected chi connectivity index (χ0v) is 10.6. The molecular formula is C11H17NO4S. The summed E-state index contributed by atoms with van der Waals surface area (Å²) >= 11 is 0. The number of furan rings is 1. The quantitative estimate of drug-likeness (QED) is 0.833. The lowest BCUT2D eigenvalue weighted by Gasteiger charge is -2.38. The van der Waals surface area contributed by atoms with Crippen molar-refractivity contribution < 1.29 is 17.9 Å². The monoisotopic (exact) mass is 259 g/mol. The van der Waals surface area contributed by atoms with Crippen molar-refractivity contribution in [3.05, 3.63) is 17.9 Å². The molecule has 1 fully saturated rings. The van der Waals surface area contributed by atoms with Gasteiger partial charge in [0.1, 0.15) is 12.4 Å². The minimum absolute atomic E-state index is 0.0828. The van der Waals surface area contributed by atoms with Crippen LogP contribution in [0.15, 0.2) is 21.6 Å². The van der Waals surface area contributed by atoms with Gasteiger partial charge in [-0.05, 0) is 30.4 Å². The van der Waals surface area contributed by atoms with E-state index in [4.69, 9.17) is 9.52 Å². The first kappa shape index (κ1) is 12.6. The fourth-order valence-electron chi connectivity index (χ4n) is 1.89. The molecule has 1 heterocycles. The zero-order chi connectivity index (χ0) is 12.5. The molecule has 1 aliphatic carbocycles. The molecule has 2 rings (SSSR count). The first-order valence-electron chi connectivity index (χ1n) is 5.64. The minimum atomic E-state index is -3.59. The van der Waals surface area contributed by atoms with E-state index in [1.165, 1.54) is 12.1 Å². The predicted molar refractivity (Wildman–Crippen MR) is 61.8 cm³/mol. The standard InChI is InChI=1S/C11H17NO4S/c1-11(5-2-6-11)8-12-17(14,15)10-4-3-9(7-13)16-10/h3-4,12-13H,2,5-8H2,1H3. The molecule has 0 unspecified atom stereocenters. The van der Waals surface area contributed by atoms with Gasteiger partial charge in [-0.15, -0.1) is 0 Å². The van der Waals surface area contributed by atoms with Crippen LogP contribution in [0.1, 0.15) is 31.9 Å². The molecule has 1 aliphatic rings. The van der Waals surface area contributed by atoms with Gasteiger partial charge in [-0.1, -0.05) is 13.3 Å². The summed E-state index contributed by atoms with van der Waals surface area (Å²) in [5, 5.41) is 8.68. The van der Waals surface area contributed by atoms with Crippen molar-refractivity contribution in [2.75, 3.05) is 6.54 Å². The molecule has 6 heteroatoms. The van der Waals surface area contributed by atoms with Crippen LogP contribution in [-0.4, -0.2) is 20.1 Å². The summed E-state index contributed by atoms with van der Waals surface area (Å²) < 4.78 is 31.3. The van der Waals surface area contributed by atoms with Gasteiger partial charge in [-0.2, -0.15) is 0 Å². The Morgan fingerprint density at radius 1 is 1.47 bits per heavy atom. The molecule has 0 radical (unpaired) electrons. The van der Waals surface area contributed by atoms with Gasteiger partial charge in [0.15, 0.2) is 0 Å². The molecule has 2 N–H and O–H groups in total. The molecule has 0 aliphatic heterocycles. The summed E-state index contributed by atoms with van der Waals surface area (Å²) in [7, 11) is -3.59. The minimum Gasteiger partial charge on any atom is -0.446 e. The first-order valence-corrected chi connectivity index (χ1v) is 7.13. The second kappa shape index (κ2) is 4.44. The topological polar surface area (TPSA) is 79.5 Å². The van der Waals surface area contributed by atoms with Gasteiger partial charge in [0.2, 0.25) is 5.09 Å². The number of rotatable bonds is 5. The number of sulfonamides is 1. The van der Waals surface area contributed by atoms with Gasteiger partial charge < -0.3 is 9.52 Å². The molecule has 0 atom stereocenters. The molecule has 0 spiro atoms. The number of hydrogen-bond acceptors (Lipinski definition) is 4. The van der Waals surface area contributed by atoms with Crippen molar-refractivity contribution in [3.8, 4) is 0 Å². The predicted octanol–water partition coefficient (Wildman–Crippen LogP) is 1.24. The van der Waals surface area contributed by atoms with E-state index in [0.717, 1.165) is 19.3 Å². The number of aliphatic hydroxyl groups excluding tert-OH is 1. The van der Waals surface area contributed by atoms with Crippen molar-refractivity contribution in [3.63, 3.8) is 0 Å². The van der Waals surface area contributed by atoms with Crippen LogP contribution >= 0.6 is 0 Å². The lowest BCUT2D eigenvalue weighted by molar-refractivity contribution is 0.166. The SMILES string of the molecule is CC1(CNS(=O)(=O)c2ccc(CO)o2)CCC1. The van der Waals surface area contributed by atoms with Crippen LogP contribution in [0, 0.1) is 5.41 Å². The van der Waals surface area contributed by atoms with Gasteiger partial charge in [-0.25, -0.2) is 13.1 Å². The van der Waals surface area contributed by atoms with Crippen molar-refractivity contribution in [1.82, 2.24) is 4.72 Å². The van der Waals surface area contributed by atoms with Gasteiger partial charge >= 0.3 is 0 Å². The Kier molecular flexibility index (Phi) is 3.29. The lowest BCUT2D eigenvalue weighted by Crippen LogP contribution is -2.39. The first-order chi connectivity index (χ1) is 7.95. The Morgan fingerprint density at radius 2 is 2.18 bits per heavy atom. The van der Waals surface area contributed by atoms with Crippen molar-refractivity contribution >= 4 is 10.0 Å². The summed E-state index contributed by atoms with van der Waals surface area (Å²) in [6.45, 7) is 2.21. The van der Waals surface area contributed by atoms with Gasteiger partial charge in [-0.3, -0.25) is 0 Å². The lowest BCUT2D eigenvalue weighted by atomic mass is 9.71. The van der Waals surface area contributed by atoms with E-state index in [1.54, 1.807) is 0 Å². The highest BCUT2D eigenvalue weighted by Crippen LogP contribution is 2.39. The molecule has 0 saturated heterocycles. The zero-order valence-electron chi connectivity index (χ0n) is 9.77. The Balaban J connectivity index is 2.03. The van der Waals surface area contributed by atoms with Crippen LogP contribution in [0.4, 0.5) is 0 Å². The summed E-state index contributed by atoms with van der Waals surface area (Å²) in [6, 6.07) is 2.82. The van der Waals surface area contributed by atoms with E-state index in [1.807, 2.05) is 0 Å². The van der Waals surface area contributed by atoms with E-state index in [2.05, 4.69) is 11.6 Å². The summed E-state index contributed by atoms with van der Waals surface area (Å²) in [6.07, 6.45) is 3.26. The van der Waals surface area contributed by atoms with Crippen LogP contribution in [0.5, 0.6) is 0 Å². The Hall–Kier alpha value is -0.850. The highest BCUT2D eigenvalue weighted by atomic mass is 32.2. The molecule has 0 amide bonds. The summed E-state index contributed by atoms with van der Waals surface area (Å²) in [5.41, 5.74) is 0.0828. The number of aliphatic hydroxyl groups is 1. The van der Waals surface area contributed by atoms with Gasteiger partial charge in [0.25, 0.3) is 10.0 Å². The third-order valence-corrected chi connectivity index (χ3v) is 4.58. The second-order valence-corrected chi connectivity index (χ2v) is 6.57. The van der Waals surface area contributed by atoms with Gasteiger partial charge in [0, 0.05) is 6.54 Å². The van der Waals surface area contributed by atoms with Crippen molar-refractivity contribution in [2.45, 2.75) is 37.9 Å². The molecule has 0 aromatic carbocycles. The van der Waals surface area contributed by atoms with Crippen LogP contribution in [0.2, 0.25) is 0 Å². The molecule has 1 aromatic rings. The van der Waals surface area contributed by atoms with E-state index in [-0.39, 0.29) is 22.9 Å². The Bertz CT molecular complexity index is 487. The largest absolute Gasteiger partial charge is 0.446 e. The molecule has 0 bridgehead atoms. The molecule has 1 aromatic heterocycles. The van der Waals surface area contributed by atoms with E-state index in [0.29, 0.717) is 6.54 Å². The smallest absolute Gasteiger partial charge is 0.273 e. The fraction of sp³-hybridized carbons (Fsp3) is 0.636. The fourth-order valence-corrected chi connectivity index (χ4v) is 3.03. The molecule has 17 heavy (non-hydrogen) atoms. The summed E-state index contributed by atoms with van der Waals surface area (Å²) in [5.74, 6) is 0.250. The molecule has 5 nitrogen and oxygen atoms in total. The normalized spacial score (nSPS) is 18.9. The van der Waals surface area contributed by atoms with E-state index in [9.17, 15) is 8.42 Å². The Morgan fingerprint density at radius 3 is 2.65 bits per heavy atom. The number of hydrogen-bond donors (Lipinski definition) is 2. The maximum Gasteiger partial charge on any atom is 0.273 e. The van der Waals surface area contributed by atoms with Crippen molar-refractivity contribution in [1.29, 1.82) is 0 Å². The third-order valence-electron chi connectivity index (χ3n) is 3.31. The maximum atomic E-state index is 11.9. The third kappa shape index (κ3) is 2.70. The van der Waals surface area contributed by atoms with Crippen LogP contribution in [0.25, 0.3) is 0 Å². The summed E-state index contributed by atoms with van der Waals surface area (Å²) in [4.78, 5) is 0. The van der Waals surface area contributed by atoms with E-state index < -0.39 is 10.0 Å². The molecule has 1 saturated carbocycles.